The van der Waals surface area contributed by atoms with Gasteiger partial charge in [0.05, 0.1) is 29.2 Å². The average Bonchev–Trinajstić information content (AvgIpc) is 2.84. The van der Waals surface area contributed by atoms with Crippen LogP contribution in [0.1, 0.15) is 64.2 Å². The van der Waals surface area contributed by atoms with Crippen LogP contribution in [0.5, 0.6) is 0 Å². The third-order valence-corrected chi connectivity index (χ3v) is 8.90. The molecule has 1 saturated heterocycles. The first kappa shape index (κ1) is 28.8. The van der Waals surface area contributed by atoms with E-state index in [1.165, 1.54) is 0 Å². The zero-order valence-corrected chi connectivity index (χ0v) is 21.4. The van der Waals surface area contributed by atoms with E-state index in [4.69, 9.17) is 21.1 Å². The van der Waals surface area contributed by atoms with E-state index in [-0.39, 0.29) is 51.0 Å². The average molecular weight is 558 g/mol. The highest BCUT2D eigenvalue weighted by atomic mass is 35.5. The van der Waals surface area contributed by atoms with Crippen molar-refractivity contribution in [3.8, 4) is 0 Å². The zero-order valence-electron chi connectivity index (χ0n) is 20.6. The molecule has 4 N–H and O–H groups in total. The standard InChI is InChI=1S/C24H36ClF4N3O5/c25-16-2-1-14(9-17(16)26)36-12-20(34)31-22-4-6-23(7-5-22,19(33)11-22)32-21(35)13-37-15-3-8-30-18(10-15)24(27,28)29/h14-19,30,33H,1-13H2,(H,31,34)(H,32,35)/t14?,15?,16?,17?,18?,19-,22?,23?/m1/s1. The predicted molar refractivity (Wildman–Crippen MR) is 126 cm³/mol. The lowest BCUT2D eigenvalue weighted by Gasteiger charge is -2.56. The number of rotatable bonds is 8. The molecule has 5 unspecified atom stereocenters. The monoisotopic (exact) mass is 557 g/mol. The molecule has 8 nitrogen and oxygen atoms in total. The van der Waals surface area contributed by atoms with Crippen LogP contribution in [-0.4, -0.2) is 89.8 Å². The van der Waals surface area contributed by atoms with Crippen molar-refractivity contribution in [1.82, 2.24) is 16.0 Å². The highest BCUT2D eigenvalue weighted by Crippen LogP contribution is 2.47. The van der Waals surface area contributed by atoms with Crippen molar-refractivity contribution in [3.05, 3.63) is 0 Å². The molecule has 4 saturated carbocycles. The van der Waals surface area contributed by atoms with Crippen LogP contribution in [-0.2, 0) is 19.1 Å². The largest absolute Gasteiger partial charge is 0.403 e. The number of fused-ring (bicyclic) bond motifs is 3. The third kappa shape index (κ3) is 7.06. The Labute approximate surface area is 218 Å². The molecular formula is C24H36ClF4N3O5. The van der Waals surface area contributed by atoms with Gasteiger partial charge in [-0.15, -0.1) is 11.6 Å². The van der Waals surface area contributed by atoms with Gasteiger partial charge < -0.3 is 30.5 Å². The van der Waals surface area contributed by atoms with E-state index in [0.29, 0.717) is 44.9 Å². The number of aliphatic hydroxyl groups excluding tert-OH is 1. The van der Waals surface area contributed by atoms with Crippen LogP contribution in [0, 0.1) is 0 Å². The number of hydrogen-bond acceptors (Lipinski definition) is 6. The van der Waals surface area contributed by atoms with E-state index in [1.54, 1.807) is 0 Å². The summed E-state index contributed by atoms with van der Waals surface area (Å²) in [6, 6.07) is -1.65. The molecule has 13 heteroatoms. The smallest absolute Gasteiger partial charge is 0.391 e. The number of halogens is 5. The Morgan fingerprint density at radius 3 is 2.19 bits per heavy atom. The molecule has 1 heterocycles. The van der Waals surface area contributed by atoms with Gasteiger partial charge in [-0.3, -0.25) is 9.59 Å². The van der Waals surface area contributed by atoms with Crippen molar-refractivity contribution in [1.29, 1.82) is 0 Å². The highest BCUT2D eigenvalue weighted by molar-refractivity contribution is 6.21. The molecule has 5 fully saturated rings. The fourth-order valence-electron chi connectivity index (χ4n) is 6.17. The van der Waals surface area contributed by atoms with E-state index < -0.39 is 53.0 Å². The Balaban J connectivity index is 1.21. The molecule has 37 heavy (non-hydrogen) atoms. The Morgan fingerprint density at radius 1 is 0.973 bits per heavy atom. The van der Waals surface area contributed by atoms with Crippen LogP contribution in [0.4, 0.5) is 17.6 Å². The fourth-order valence-corrected chi connectivity index (χ4v) is 6.40. The van der Waals surface area contributed by atoms with Gasteiger partial charge in [0.15, 0.2) is 0 Å². The summed E-state index contributed by atoms with van der Waals surface area (Å²) >= 11 is 5.89. The lowest BCUT2D eigenvalue weighted by atomic mass is 9.60. The molecule has 0 aromatic heterocycles. The number of carbonyl (C=O) groups excluding carboxylic acids is 2. The summed E-state index contributed by atoms with van der Waals surface area (Å²) in [6.07, 6.45) is -3.86. The molecule has 5 rings (SSSR count). The van der Waals surface area contributed by atoms with Crippen LogP contribution >= 0.6 is 11.6 Å². The van der Waals surface area contributed by atoms with E-state index in [9.17, 15) is 32.3 Å². The molecule has 4 aliphatic carbocycles. The lowest BCUT2D eigenvalue weighted by Crippen LogP contribution is -2.70. The molecule has 0 aromatic carbocycles. The maximum Gasteiger partial charge on any atom is 0.403 e. The number of alkyl halides is 5. The number of aliphatic hydroxyl groups is 1. The van der Waals surface area contributed by atoms with Crippen LogP contribution < -0.4 is 16.0 Å². The molecule has 5 aliphatic rings. The first-order valence-corrected chi connectivity index (χ1v) is 13.4. The van der Waals surface area contributed by atoms with E-state index in [2.05, 4.69) is 16.0 Å². The van der Waals surface area contributed by atoms with Gasteiger partial charge in [0.25, 0.3) is 0 Å². The minimum atomic E-state index is -4.37. The van der Waals surface area contributed by atoms with Crippen molar-refractivity contribution in [2.75, 3.05) is 19.8 Å². The Kier molecular flexibility index (Phi) is 8.94. The maximum atomic E-state index is 13.8. The van der Waals surface area contributed by atoms with Gasteiger partial charge in [-0.05, 0) is 64.3 Å². The van der Waals surface area contributed by atoms with Crippen molar-refractivity contribution < 1.29 is 41.7 Å². The Morgan fingerprint density at radius 2 is 1.59 bits per heavy atom. The number of nitrogens with one attached hydrogen (secondary N) is 3. The fraction of sp³-hybridized carbons (Fsp3) is 0.917. The molecular weight excluding hydrogens is 522 g/mol. The second kappa shape index (κ2) is 11.5. The molecule has 2 bridgehead atoms. The molecule has 1 aliphatic heterocycles. The predicted octanol–water partition coefficient (Wildman–Crippen LogP) is 2.25. The van der Waals surface area contributed by atoms with Gasteiger partial charge in [-0.2, -0.15) is 13.2 Å². The topological polar surface area (TPSA) is 109 Å². The summed E-state index contributed by atoms with van der Waals surface area (Å²) in [6.45, 7) is -0.426. The Hall–Kier alpha value is -1.21. The minimum absolute atomic E-state index is 0.156. The molecule has 0 aromatic rings. The number of amides is 2. The summed E-state index contributed by atoms with van der Waals surface area (Å²) in [7, 11) is 0. The first-order chi connectivity index (χ1) is 17.4. The van der Waals surface area contributed by atoms with Gasteiger partial charge in [-0.1, -0.05) is 0 Å². The second-order valence-electron chi connectivity index (χ2n) is 11.0. The van der Waals surface area contributed by atoms with Crippen LogP contribution in [0.25, 0.3) is 0 Å². The van der Waals surface area contributed by atoms with Crippen LogP contribution in [0.3, 0.4) is 0 Å². The number of hydrogen-bond donors (Lipinski definition) is 4. The van der Waals surface area contributed by atoms with Gasteiger partial charge in [0, 0.05) is 12.0 Å². The van der Waals surface area contributed by atoms with Gasteiger partial charge in [0.1, 0.15) is 25.4 Å². The molecule has 0 radical (unpaired) electrons. The van der Waals surface area contributed by atoms with Crippen molar-refractivity contribution in [2.24, 2.45) is 0 Å². The lowest BCUT2D eigenvalue weighted by molar-refractivity contribution is -0.171. The van der Waals surface area contributed by atoms with Crippen molar-refractivity contribution >= 4 is 23.4 Å². The summed E-state index contributed by atoms with van der Waals surface area (Å²) < 4.78 is 63.7. The third-order valence-electron chi connectivity index (χ3n) is 8.41. The molecule has 2 amide bonds. The second-order valence-corrected chi connectivity index (χ2v) is 11.6. The van der Waals surface area contributed by atoms with Crippen molar-refractivity contribution in [2.45, 2.75) is 117 Å². The van der Waals surface area contributed by atoms with Crippen molar-refractivity contribution in [3.63, 3.8) is 0 Å². The number of ether oxygens (including phenoxy) is 2. The van der Waals surface area contributed by atoms with Crippen LogP contribution in [0.2, 0.25) is 0 Å². The highest BCUT2D eigenvalue weighted by Gasteiger charge is 2.55. The zero-order chi connectivity index (χ0) is 26.8. The molecule has 0 spiro atoms. The van der Waals surface area contributed by atoms with Gasteiger partial charge >= 0.3 is 6.18 Å². The summed E-state index contributed by atoms with van der Waals surface area (Å²) in [4.78, 5) is 25.2. The summed E-state index contributed by atoms with van der Waals surface area (Å²) in [5.74, 6) is -0.813. The normalized spacial score (nSPS) is 40.3. The first-order valence-electron chi connectivity index (χ1n) is 13.0. The summed E-state index contributed by atoms with van der Waals surface area (Å²) in [5.41, 5.74) is -1.47. The van der Waals surface area contributed by atoms with E-state index >= 15 is 0 Å². The maximum absolute atomic E-state index is 13.8. The quantitative estimate of drug-likeness (QED) is 0.269. The number of piperidine rings is 1. The van der Waals surface area contributed by atoms with E-state index in [0.717, 1.165) is 0 Å². The van der Waals surface area contributed by atoms with Gasteiger partial charge in [-0.25, -0.2) is 4.39 Å². The Bertz CT molecular complexity index is 827. The molecule has 6 atom stereocenters. The molecule has 212 valence electrons. The SMILES string of the molecule is O=C(COC1CCC(Cl)C(F)C1)NC12CCC(NC(=O)COC3CCNC(C(F)(F)F)C3)(CC1)[C@H](O)C2. The van der Waals surface area contributed by atoms with Crippen LogP contribution in [0.15, 0.2) is 0 Å². The minimum Gasteiger partial charge on any atom is -0.391 e. The van der Waals surface area contributed by atoms with Gasteiger partial charge in [0.2, 0.25) is 11.8 Å². The number of carbonyl (C=O) groups is 2. The summed E-state index contributed by atoms with van der Waals surface area (Å²) in [5, 5.41) is 18.6. The van der Waals surface area contributed by atoms with E-state index in [1.807, 2.05) is 0 Å².